The second-order valence-corrected chi connectivity index (χ2v) is 6.32. The molecule has 0 saturated carbocycles. The lowest BCUT2D eigenvalue weighted by Gasteiger charge is -2.20. The van der Waals surface area contributed by atoms with E-state index in [0.29, 0.717) is 19.7 Å². The standard InChI is InChI=1S/C21H27N3O3/c1-4-24(3)20(25)16(2)23-21(26)22-14-17-10-12-19(13-11-17)27-15-18-8-6-5-7-9-18/h5-13,16H,4,14-15H2,1-3H3,(H2,22,23,26)/t16-/m0/s1. The Morgan fingerprint density at radius 3 is 2.33 bits per heavy atom. The third-order valence-electron chi connectivity index (χ3n) is 4.19. The first-order valence-corrected chi connectivity index (χ1v) is 9.04. The van der Waals surface area contributed by atoms with Crippen molar-refractivity contribution in [3.8, 4) is 5.75 Å². The number of urea groups is 1. The molecule has 2 aromatic carbocycles. The molecular formula is C21H27N3O3. The number of likely N-dealkylation sites (N-methyl/N-ethyl adjacent to an activating group) is 1. The molecule has 2 aromatic rings. The Hall–Kier alpha value is -3.02. The van der Waals surface area contributed by atoms with Crippen LogP contribution in [-0.2, 0) is 17.9 Å². The third kappa shape index (κ3) is 6.66. The van der Waals surface area contributed by atoms with Gasteiger partial charge in [-0.25, -0.2) is 4.79 Å². The normalized spacial score (nSPS) is 11.4. The predicted molar refractivity (Wildman–Crippen MR) is 105 cm³/mol. The van der Waals surface area contributed by atoms with Gasteiger partial charge in [0.25, 0.3) is 0 Å². The van der Waals surface area contributed by atoms with Crippen molar-refractivity contribution in [2.24, 2.45) is 0 Å². The lowest BCUT2D eigenvalue weighted by Crippen LogP contribution is -2.48. The molecule has 3 amide bonds. The SMILES string of the molecule is CCN(C)C(=O)[C@H](C)NC(=O)NCc1ccc(OCc2ccccc2)cc1. The molecule has 6 nitrogen and oxygen atoms in total. The van der Waals surface area contributed by atoms with Gasteiger partial charge < -0.3 is 20.3 Å². The van der Waals surface area contributed by atoms with Gasteiger partial charge in [-0.05, 0) is 37.1 Å². The maximum atomic E-state index is 12.0. The quantitative estimate of drug-likeness (QED) is 0.752. The average molecular weight is 369 g/mol. The lowest BCUT2D eigenvalue weighted by atomic mass is 10.2. The van der Waals surface area contributed by atoms with Crippen LogP contribution in [0, 0.1) is 0 Å². The van der Waals surface area contributed by atoms with E-state index in [2.05, 4.69) is 10.6 Å². The van der Waals surface area contributed by atoms with Crippen LogP contribution in [0.3, 0.4) is 0 Å². The zero-order chi connectivity index (χ0) is 19.6. The van der Waals surface area contributed by atoms with Crippen molar-refractivity contribution in [3.05, 3.63) is 65.7 Å². The van der Waals surface area contributed by atoms with E-state index in [9.17, 15) is 9.59 Å². The van der Waals surface area contributed by atoms with Crippen molar-refractivity contribution in [1.82, 2.24) is 15.5 Å². The van der Waals surface area contributed by atoms with Crippen molar-refractivity contribution in [3.63, 3.8) is 0 Å². The number of benzene rings is 2. The number of nitrogens with one attached hydrogen (secondary N) is 2. The number of amides is 3. The van der Waals surface area contributed by atoms with Crippen molar-refractivity contribution in [2.45, 2.75) is 33.0 Å². The van der Waals surface area contributed by atoms with Gasteiger partial charge in [0.15, 0.2) is 0 Å². The van der Waals surface area contributed by atoms with Crippen LogP contribution in [-0.4, -0.2) is 36.5 Å². The number of hydrogen-bond acceptors (Lipinski definition) is 3. The molecule has 0 bridgehead atoms. The van der Waals surface area contributed by atoms with Crippen molar-refractivity contribution in [2.75, 3.05) is 13.6 Å². The smallest absolute Gasteiger partial charge is 0.315 e. The Morgan fingerprint density at radius 1 is 1.04 bits per heavy atom. The van der Waals surface area contributed by atoms with Gasteiger partial charge in [0, 0.05) is 20.1 Å². The van der Waals surface area contributed by atoms with E-state index in [-0.39, 0.29) is 11.9 Å². The Kier molecular flexibility index (Phi) is 7.67. The van der Waals surface area contributed by atoms with Gasteiger partial charge in [-0.1, -0.05) is 42.5 Å². The summed E-state index contributed by atoms with van der Waals surface area (Å²) in [6, 6.07) is 16.6. The molecule has 6 heteroatoms. The summed E-state index contributed by atoms with van der Waals surface area (Å²) in [7, 11) is 1.71. The molecule has 0 heterocycles. The minimum absolute atomic E-state index is 0.118. The first-order valence-electron chi connectivity index (χ1n) is 9.04. The van der Waals surface area contributed by atoms with Crippen LogP contribution in [0.15, 0.2) is 54.6 Å². The molecule has 1 atom stereocenters. The van der Waals surface area contributed by atoms with E-state index in [0.717, 1.165) is 16.9 Å². The Morgan fingerprint density at radius 2 is 1.70 bits per heavy atom. The molecule has 0 aromatic heterocycles. The summed E-state index contributed by atoms with van der Waals surface area (Å²) in [5, 5.41) is 5.41. The fourth-order valence-corrected chi connectivity index (χ4v) is 2.42. The highest BCUT2D eigenvalue weighted by molar-refractivity contribution is 5.86. The second-order valence-electron chi connectivity index (χ2n) is 6.32. The Bertz CT molecular complexity index is 732. The zero-order valence-electron chi connectivity index (χ0n) is 16.1. The maximum Gasteiger partial charge on any atom is 0.315 e. The third-order valence-corrected chi connectivity index (χ3v) is 4.19. The van der Waals surface area contributed by atoms with Gasteiger partial charge in [0.2, 0.25) is 5.91 Å². The summed E-state index contributed by atoms with van der Waals surface area (Å²) >= 11 is 0. The number of rotatable bonds is 8. The fourth-order valence-electron chi connectivity index (χ4n) is 2.42. The van der Waals surface area contributed by atoms with Crippen LogP contribution < -0.4 is 15.4 Å². The summed E-state index contributed by atoms with van der Waals surface area (Å²) < 4.78 is 5.74. The topological polar surface area (TPSA) is 70.7 Å². The molecule has 0 fully saturated rings. The maximum absolute atomic E-state index is 12.0. The summed E-state index contributed by atoms with van der Waals surface area (Å²) in [4.78, 5) is 25.5. The van der Waals surface area contributed by atoms with Gasteiger partial charge in [-0.3, -0.25) is 4.79 Å². The largest absolute Gasteiger partial charge is 0.489 e. The lowest BCUT2D eigenvalue weighted by molar-refractivity contribution is -0.131. The summed E-state index contributed by atoms with van der Waals surface area (Å²) in [5.41, 5.74) is 2.05. The van der Waals surface area contributed by atoms with E-state index in [4.69, 9.17) is 4.74 Å². The minimum Gasteiger partial charge on any atom is -0.489 e. The molecule has 0 aliphatic rings. The number of carbonyl (C=O) groups is 2. The second kappa shape index (κ2) is 10.2. The molecule has 0 spiro atoms. The first-order chi connectivity index (χ1) is 13.0. The number of nitrogens with zero attached hydrogens (tertiary/aromatic N) is 1. The Labute approximate surface area is 160 Å². The summed E-state index contributed by atoms with van der Waals surface area (Å²) in [6.07, 6.45) is 0. The highest BCUT2D eigenvalue weighted by Gasteiger charge is 2.18. The van der Waals surface area contributed by atoms with Crippen LogP contribution in [0.5, 0.6) is 5.75 Å². The van der Waals surface area contributed by atoms with E-state index in [1.165, 1.54) is 0 Å². The minimum atomic E-state index is -0.566. The van der Waals surface area contributed by atoms with Gasteiger partial charge in [0.1, 0.15) is 18.4 Å². The fraction of sp³-hybridized carbons (Fsp3) is 0.333. The van der Waals surface area contributed by atoms with Gasteiger partial charge in [0.05, 0.1) is 0 Å². The van der Waals surface area contributed by atoms with Crippen LogP contribution in [0.1, 0.15) is 25.0 Å². The van der Waals surface area contributed by atoms with Gasteiger partial charge >= 0.3 is 6.03 Å². The monoisotopic (exact) mass is 369 g/mol. The molecule has 2 rings (SSSR count). The molecule has 27 heavy (non-hydrogen) atoms. The number of ether oxygens (including phenoxy) is 1. The molecule has 0 aliphatic heterocycles. The molecule has 0 radical (unpaired) electrons. The van der Waals surface area contributed by atoms with Crippen LogP contribution in [0.25, 0.3) is 0 Å². The predicted octanol–water partition coefficient (Wildman–Crippen LogP) is 2.93. The van der Waals surface area contributed by atoms with Gasteiger partial charge in [-0.15, -0.1) is 0 Å². The number of hydrogen-bond donors (Lipinski definition) is 2. The van der Waals surface area contributed by atoms with Crippen molar-refractivity contribution >= 4 is 11.9 Å². The first kappa shape index (κ1) is 20.3. The zero-order valence-corrected chi connectivity index (χ0v) is 16.1. The van der Waals surface area contributed by atoms with E-state index in [1.807, 2.05) is 61.5 Å². The average Bonchev–Trinajstić information content (AvgIpc) is 2.71. The highest BCUT2D eigenvalue weighted by atomic mass is 16.5. The summed E-state index contributed by atoms with van der Waals surface area (Å²) in [5.74, 6) is 0.654. The van der Waals surface area contributed by atoms with Crippen molar-refractivity contribution in [1.29, 1.82) is 0 Å². The van der Waals surface area contributed by atoms with Crippen LogP contribution in [0.4, 0.5) is 4.79 Å². The van der Waals surface area contributed by atoms with E-state index >= 15 is 0 Å². The molecule has 0 unspecified atom stereocenters. The molecule has 144 valence electrons. The van der Waals surface area contributed by atoms with Crippen LogP contribution in [0.2, 0.25) is 0 Å². The molecular weight excluding hydrogens is 342 g/mol. The van der Waals surface area contributed by atoms with E-state index in [1.54, 1.807) is 18.9 Å². The summed E-state index contributed by atoms with van der Waals surface area (Å²) in [6.45, 7) is 5.05. The molecule has 0 aliphatic carbocycles. The van der Waals surface area contributed by atoms with E-state index < -0.39 is 6.04 Å². The molecule has 2 N–H and O–H groups in total. The van der Waals surface area contributed by atoms with Gasteiger partial charge in [-0.2, -0.15) is 0 Å². The highest BCUT2D eigenvalue weighted by Crippen LogP contribution is 2.14. The van der Waals surface area contributed by atoms with Crippen LogP contribution >= 0.6 is 0 Å². The Balaban J connectivity index is 1.76. The number of carbonyl (C=O) groups excluding carboxylic acids is 2. The molecule has 0 saturated heterocycles. The van der Waals surface area contributed by atoms with Crippen molar-refractivity contribution < 1.29 is 14.3 Å².